The zero-order valence-electron chi connectivity index (χ0n) is 21.4. The maximum absolute atomic E-state index is 12.8. The lowest BCUT2D eigenvalue weighted by atomic mass is 10.0. The topological polar surface area (TPSA) is 77.0 Å². The molecule has 0 aliphatic carbocycles. The average Bonchev–Trinajstić information content (AvgIpc) is 2.88. The van der Waals surface area contributed by atoms with E-state index in [0.29, 0.717) is 22.6 Å². The molecule has 4 rings (SSSR count). The first-order valence-corrected chi connectivity index (χ1v) is 12.2. The van der Waals surface area contributed by atoms with E-state index in [9.17, 15) is 9.59 Å². The van der Waals surface area contributed by atoms with Crippen LogP contribution in [0.3, 0.4) is 0 Å². The molecule has 0 aromatic heterocycles. The highest BCUT2D eigenvalue weighted by Gasteiger charge is 2.14. The number of hydrazone groups is 1. The lowest BCUT2D eigenvalue weighted by molar-refractivity contribution is -0.123. The van der Waals surface area contributed by atoms with Gasteiger partial charge >= 0.3 is 5.97 Å². The fraction of sp³-hybridized carbons (Fsp3) is 0.194. The Labute approximate surface area is 216 Å². The summed E-state index contributed by atoms with van der Waals surface area (Å²) in [6.07, 6.45) is 1.49. The first kappa shape index (κ1) is 25.6. The summed E-state index contributed by atoms with van der Waals surface area (Å²) in [4.78, 5) is 25.2. The standard InChI is InChI=1S/C31H30N2O4/c1-20(2)25-15-11-22(4)17-29(25)36-19-30(34)33-32-18-27-26-8-6-5-7-23(26)14-16-28(27)37-31(35)24-12-9-21(3)10-13-24/h5-18,20H,19H2,1-4H3,(H,33,34)/b32-18-. The third-order valence-corrected chi connectivity index (χ3v) is 5.95. The Kier molecular flexibility index (Phi) is 7.98. The molecule has 0 unspecified atom stereocenters. The molecular weight excluding hydrogens is 464 g/mol. The van der Waals surface area contributed by atoms with Gasteiger partial charge in [0.05, 0.1) is 11.8 Å². The molecule has 0 aliphatic heterocycles. The van der Waals surface area contributed by atoms with Crippen LogP contribution < -0.4 is 14.9 Å². The summed E-state index contributed by atoms with van der Waals surface area (Å²) in [5.41, 5.74) is 6.69. The predicted octanol–water partition coefficient (Wildman–Crippen LogP) is 6.33. The summed E-state index contributed by atoms with van der Waals surface area (Å²) in [5.74, 6) is 0.435. The molecule has 1 N–H and O–H groups in total. The molecule has 37 heavy (non-hydrogen) atoms. The molecule has 6 nitrogen and oxygen atoms in total. The number of hydrogen-bond acceptors (Lipinski definition) is 5. The van der Waals surface area contributed by atoms with Gasteiger partial charge in [0, 0.05) is 5.56 Å². The summed E-state index contributed by atoms with van der Waals surface area (Å²) < 4.78 is 11.5. The minimum atomic E-state index is -0.471. The Bertz CT molecular complexity index is 1460. The molecule has 6 heteroatoms. The Hall–Kier alpha value is -4.45. The Morgan fingerprint density at radius 1 is 0.892 bits per heavy atom. The second kappa shape index (κ2) is 11.5. The zero-order valence-corrected chi connectivity index (χ0v) is 21.4. The summed E-state index contributed by atoms with van der Waals surface area (Å²) in [7, 11) is 0. The Morgan fingerprint density at radius 2 is 1.62 bits per heavy atom. The van der Waals surface area contributed by atoms with Crippen LogP contribution in [0.15, 0.2) is 84.0 Å². The van der Waals surface area contributed by atoms with E-state index in [1.165, 1.54) is 6.21 Å². The molecule has 188 valence electrons. The van der Waals surface area contributed by atoms with Crippen LogP contribution >= 0.6 is 0 Å². The second-order valence-corrected chi connectivity index (χ2v) is 9.23. The highest BCUT2D eigenvalue weighted by Crippen LogP contribution is 2.28. The van der Waals surface area contributed by atoms with Crippen LogP contribution in [0.1, 0.15) is 52.4 Å². The number of amides is 1. The SMILES string of the molecule is Cc1ccc(C(=O)Oc2ccc3ccccc3c2/C=N\NC(=O)COc2cc(C)ccc2C(C)C)cc1. The lowest BCUT2D eigenvalue weighted by Gasteiger charge is -2.14. The molecule has 4 aromatic rings. The van der Waals surface area contributed by atoms with E-state index in [0.717, 1.165) is 27.5 Å². The number of carbonyl (C=O) groups excluding carboxylic acids is 2. The van der Waals surface area contributed by atoms with Gasteiger partial charge in [0.15, 0.2) is 6.61 Å². The number of benzene rings is 4. The number of hydrogen-bond donors (Lipinski definition) is 1. The van der Waals surface area contributed by atoms with Crippen molar-refractivity contribution in [3.63, 3.8) is 0 Å². The van der Waals surface area contributed by atoms with Crippen molar-refractivity contribution in [2.24, 2.45) is 5.10 Å². The van der Waals surface area contributed by atoms with Crippen molar-refractivity contribution in [2.75, 3.05) is 6.61 Å². The van der Waals surface area contributed by atoms with Crippen LogP contribution in [0.25, 0.3) is 10.8 Å². The fourth-order valence-corrected chi connectivity index (χ4v) is 3.93. The van der Waals surface area contributed by atoms with Gasteiger partial charge in [-0.25, -0.2) is 10.2 Å². The molecule has 0 saturated heterocycles. The Balaban J connectivity index is 1.50. The largest absolute Gasteiger partial charge is 0.483 e. The van der Waals surface area contributed by atoms with Gasteiger partial charge in [0.25, 0.3) is 5.91 Å². The van der Waals surface area contributed by atoms with Crippen LogP contribution in [0.5, 0.6) is 11.5 Å². The van der Waals surface area contributed by atoms with Gasteiger partial charge in [-0.3, -0.25) is 4.79 Å². The van der Waals surface area contributed by atoms with Crippen molar-refractivity contribution < 1.29 is 19.1 Å². The van der Waals surface area contributed by atoms with E-state index >= 15 is 0 Å². The zero-order chi connectivity index (χ0) is 26.4. The molecular formula is C31H30N2O4. The van der Waals surface area contributed by atoms with Crippen molar-refractivity contribution in [1.82, 2.24) is 5.43 Å². The highest BCUT2D eigenvalue weighted by atomic mass is 16.5. The number of rotatable bonds is 8. The van der Waals surface area contributed by atoms with Crippen molar-refractivity contribution >= 4 is 28.9 Å². The quantitative estimate of drug-likeness (QED) is 0.134. The molecule has 0 aliphatic rings. The molecule has 0 bridgehead atoms. The monoisotopic (exact) mass is 494 g/mol. The number of esters is 1. The van der Waals surface area contributed by atoms with Gasteiger partial charge in [-0.2, -0.15) is 5.10 Å². The third-order valence-electron chi connectivity index (χ3n) is 5.95. The fourth-order valence-electron chi connectivity index (χ4n) is 3.93. The molecule has 0 heterocycles. The maximum atomic E-state index is 12.8. The predicted molar refractivity (Wildman–Crippen MR) is 147 cm³/mol. The van der Waals surface area contributed by atoms with Crippen molar-refractivity contribution in [1.29, 1.82) is 0 Å². The minimum Gasteiger partial charge on any atom is -0.483 e. The normalized spacial score (nSPS) is 11.2. The van der Waals surface area contributed by atoms with E-state index in [1.807, 2.05) is 74.5 Å². The lowest BCUT2D eigenvalue weighted by Crippen LogP contribution is -2.25. The van der Waals surface area contributed by atoms with Gasteiger partial charge in [-0.05, 0) is 65.9 Å². The van der Waals surface area contributed by atoms with Crippen LogP contribution in [-0.4, -0.2) is 24.7 Å². The van der Waals surface area contributed by atoms with E-state index in [-0.39, 0.29) is 12.5 Å². The number of nitrogens with one attached hydrogen (secondary N) is 1. The molecule has 0 saturated carbocycles. The van der Waals surface area contributed by atoms with Crippen molar-refractivity contribution in [2.45, 2.75) is 33.6 Å². The molecule has 1 amide bonds. The van der Waals surface area contributed by atoms with Crippen LogP contribution in [0, 0.1) is 13.8 Å². The van der Waals surface area contributed by atoms with E-state index in [2.05, 4.69) is 24.4 Å². The number of ether oxygens (including phenoxy) is 2. The van der Waals surface area contributed by atoms with E-state index < -0.39 is 11.9 Å². The third kappa shape index (κ3) is 6.41. The van der Waals surface area contributed by atoms with E-state index in [4.69, 9.17) is 9.47 Å². The maximum Gasteiger partial charge on any atom is 0.343 e. The smallest absolute Gasteiger partial charge is 0.343 e. The molecule has 0 spiro atoms. The van der Waals surface area contributed by atoms with Crippen molar-refractivity contribution in [3.8, 4) is 11.5 Å². The van der Waals surface area contributed by atoms with Crippen LogP contribution in [0.4, 0.5) is 0 Å². The number of fused-ring (bicyclic) bond motifs is 1. The summed E-state index contributed by atoms with van der Waals surface area (Å²) in [6.45, 7) is 7.92. The average molecular weight is 495 g/mol. The van der Waals surface area contributed by atoms with Gasteiger partial charge in [-0.1, -0.05) is 74.0 Å². The molecule has 0 radical (unpaired) electrons. The minimum absolute atomic E-state index is 0.175. The number of carbonyl (C=O) groups is 2. The number of nitrogens with zero attached hydrogens (tertiary/aromatic N) is 1. The summed E-state index contributed by atoms with van der Waals surface area (Å²) in [6, 6.07) is 24.4. The van der Waals surface area contributed by atoms with Gasteiger partial charge in [0.1, 0.15) is 11.5 Å². The summed E-state index contributed by atoms with van der Waals surface area (Å²) >= 11 is 0. The molecule has 0 atom stereocenters. The van der Waals surface area contributed by atoms with Crippen molar-refractivity contribution in [3.05, 3.63) is 107 Å². The first-order valence-electron chi connectivity index (χ1n) is 12.2. The Morgan fingerprint density at radius 3 is 2.38 bits per heavy atom. The van der Waals surface area contributed by atoms with E-state index in [1.54, 1.807) is 18.2 Å². The first-order chi connectivity index (χ1) is 17.8. The second-order valence-electron chi connectivity index (χ2n) is 9.23. The highest BCUT2D eigenvalue weighted by molar-refractivity contribution is 6.04. The van der Waals surface area contributed by atoms with Crippen LogP contribution in [-0.2, 0) is 4.79 Å². The van der Waals surface area contributed by atoms with Gasteiger partial charge in [0.2, 0.25) is 0 Å². The van der Waals surface area contributed by atoms with Gasteiger partial charge < -0.3 is 9.47 Å². The number of aryl methyl sites for hydroxylation is 2. The molecule has 4 aromatic carbocycles. The van der Waals surface area contributed by atoms with Gasteiger partial charge in [-0.15, -0.1) is 0 Å². The molecule has 0 fully saturated rings. The summed E-state index contributed by atoms with van der Waals surface area (Å²) in [5, 5.41) is 5.93. The van der Waals surface area contributed by atoms with Crippen LogP contribution in [0.2, 0.25) is 0 Å².